The van der Waals surface area contributed by atoms with E-state index in [1.807, 2.05) is 36.4 Å². The van der Waals surface area contributed by atoms with E-state index < -0.39 is 10.0 Å². The average Bonchev–Trinajstić information content (AvgIpc) is 3.17. The third-order valence-corrected chi connectivity index (χ3v) is 8.02. The number of sulfonamides is 1. The summed E-state index contributed by atoms with van der Waals surface area (Å²) in [6, 6.07) is 14.5. The molecular formula is C24H32N6O3S. The summed E-state index contributed by atoms with van der Waals surface area (Å²) in [5.74, 6) is 0.921. The monoisotopic (exact) mass is 484 g/mol. The Morgan fingerprint density at radius 1 is 1.12 bits per heavy atom. The van der Waals surface area contributed by atoms with E-state index in [9.17, 15) is 13.2 Å². The van der Waals surface area contributed by atoms with Crippen LogP contribution in [-0.2, 0) is 23.1 Å². The van der Waals surface area contributed by atoms with Gasteiger partial charge in [0.25, 0.3) is 0 Å². The van der Waals surface area contributed by atoms with Crippen molar-refractivity contribution in [1.82, 2.24) is 24.1 Å². The number of aryl methyl sites for hydroxylation is 1. The number of anilines is 1. The van der Waals surface area contributed by atoms with Crippen LogP contribution in [0, 0.1) is 0 Å². The molecule has 1 aromatic heterocycles. The van der Waals surface area contributed by atoms with Gasteiger partial charge >= 0.3 is 6.03 Å². The topological polar surface area (TPSA) is 99.6 Å². The van der Waals surface area contributed by atoms with Gasteiger partial charge < -0.3 is 15.2 Å². The van der Waals surface area contributed by atoms with Crippen LogP contribution in [-0.4, -0.2) is 66.4 Å². The number of urea groups is 1. The number of amides is 2. The Morgan fingerprint density at radius 2 is 1.82 bits per heavy atom. The van der Waals surface area contributed by atoms with Gasteiger partial charge in [0.1, 0.15) is 5.82 Å². The van der Waals surface area contributed by atoms with Gasteiger partial charge in [0.05, 0.1) is 22.5 Å². The highest BCUT2D eigenvalue weighted by Crippen LogP contribution is 2.23. The first-order chi connectivity index (χ1) is 16.3. The number of carbonyl (C=O) groups excluding carboxylic acids is 1. The first kappa shape index (κ1) is 24.2. The van der Waals surface area contributed by atoms with Crippen LogP contribution in [0.25, 0.3) is 11.0 Å². The van der Waals surface area contributed by atoms with Gasteiger partial charge in [-0.25, -0.2) is 22.5 Å². The SMILES string of the molecule is CCn1c(CN2CCC(NC(=O)Nc3ccccc3)CC2)nc2cc(S(=O)(=O)N(C)C)ccc21. The third-order valence-electron chi connectivity index (χ3n) is 6.21. The molecule has 34 heavy (non-hydrogen) atoms. The Labute approximate surface area is 200 Å². The summed E-state index contributed by atoms with van der Waals surface area (Å²) in [4.78, 5) is 19.6. The lowest BCUT2D eigenvalue weighted by molar-refractivity contribution is 0.185. The summed E-state index contributed by atoms with van der Waals surface area (Å²) in [5, 5.41) is 5.94. The summed E-state index contributed by atoms with van der Waals surface area (Å²) < 4.78 is 28.4. The van der Waals surface area contributed by atoms with Crippen molar-refractivity contribution < 1.29 is 13.2 Å². The minimum absolute atomic E-state index is 0.128. The maximum absolute atomic E-state index is 12.5. The van der Waals surface area contributed by atoms with E-state index in [4.69, 9.17) is 4.98 Å². The number of para-hydroxylation sites is 1. The second kappa shape index (κ2) is 10.1. The number of nitrogens with one attached hydrogen (secondary N) is 2. The molecule has 0 saturated carbocycles. The van der Waals surface area contributed by atoms with Gasteiger partial charge in [-0.3, -0.25) is 4.90 Å². The van der Waals surface area contributed by atoms with Crippen molar-refractivity contribution in [3.8, 4) is 0 Å². The number of aromatic nitrogens is 2. The van der Waals surface area contributed by atoms with Gasteiger partial charge in [0, 0.05) is 45.5 Å². The Morgan fingerprint density at radius 3 is 2.47 bits per heavy atom. The summed E-state index contributed by atoms with van der Waals surface area (Å²) in [6.07, 6.45) is 1.72. The van der Waals surface area contributed by atoms with Crippen molar-refractivity contribution in [1.29, 1.82) is 0 Å². The van der Waals surface area contributed by atoms with Gasteiger partial charge in [-0.2, -0.15) is 0 Å². The van der Waals surface area contributed by atoms with E-state index in [0.29, 0.717) is 12.1 Å². The number of nitrogens with zero attached hydrogens (tertiary/aromatic N) is 4. The second-order valence-corrected chi connectivity index (χ2v) is 10.9. The summed E-state index contributed by atoms with van der Waals surface area (Å²) >= 11 is 0. The lowest BCUT2D eigenvalue weighted by Crippen LogP contribution is -2.45. The van der Waals surface area contributed by atoms with Crippen LogP contribution < -0.4 is 10.6 Å². The van der Waals surface area contributed by atoms with E-state index in [2.05, 4.69) is 27.0 Å². The van der Waals surface area contributed by atoms with Crippen molar-refractivity contribution in [2.45, 2.75) is 43.8 Å². The number of benzene rings is 2. The molecule has 9 nitrogen and oxygen atoms in total. The highest BCUT2D eigenvalue weighted by Gasteiger charge is 2.23. The van der Waals surface area contributed by atoms with Gasteiger partial charge in [0.2, 0.25) is 10.0 Å². The predicted molar refractivity (Wildman–Crippen MR) is 133 cm³/mol. The number of likely N-dealkylation sites (tertiary alicyclic amines) is 1. The number of rotatable bonds is 7. The highest BCUT2D eigenvalue weighted by molar-refractivity contribution is 7.89. The summed E-state index contributed by atoms with van der Waals surface area (Å²) in [7, 11) is -0.454. The molecule has 0 unspecified atom stereocenters. The minimum atomic E-state index is -3.51. The first-order valence-electron chi connectivity index (χ1n) is 11.5. The molecule has 2 amide bonds. The quantitative estimate of drug-likeness (QED) is 0.537. The maximum atomic E-state index is 12.5. The number of fused-ring (bicyclic) bond motifs is 1. The van der Waals surface area contributed by atoms with Gasteiger partial charge in [-0.05, 0) is 50.1 Å². The zero-order valence-corrected chi connectivity index (χ0v) is 20.7. The zero-order chi connectivity index (χ0) is 24.3. The van der Waals surface area contributed by atoms with Crippen LogP contribution in [0.2, 0.25) is 0 Å². The normalized spacial score (nSPS) is 15.6. The molecule has 2 heterocycles. The minimum Gasteiger partial charge on any atom is -0.335 e. The lowest BCUT2D eigenvalue weighted by atomic mass is 10.1. The van der Waals surface area contributed by atoms with Crippen LogP contribution in [0.4, 0.5) is 10.5 Å². The molecule has 182 valence electrons. The molecule has 1 aliphatic heterocycles. The van der Waals surface area contributed by atoms with Crippen LogP contribution in [0.5, 0.6) is 0 Å². The lowest BCUT2D eigenvalue weighted by Gasteiger charge is -2.32. The van der Waals surface area contributed by atoms with Crippen molar-refractivity contribution in [2.24, 2.45) is 0 Å². The van der Waals surface area contributed by atoms with E-state index in [1.165, 1.54) is 18.4 Å². The molecule has 0 spiro atoms. The largest absolute Gasteiger partial charge is 0.335 e. The second-order valence-electron chi connectivity index (χ2n) is 8.73. The molecule has 1 saturated heterocycles. The summed E-state index contributed by atoms with van der Waals surface area (Å²) in [6.45, 7) is 5.20. The molecule has 0 aliphatic carbocycles. The molecule has 1 aliphatic rings. The van der Waals surface area contributed by atoms with Gasteiger partial charge in [-0.15, -0.1) is 0 Å². The van der Waals surface area contributed by atoms with Crippen molar-refractivity contribution >= 4 is 32.8 Å². The van der Waals surface area contributed by atoms with E-state index in [0.717, 1.165) is 49.5 Å². The number of piperidine rings is 1. The van der Waals surface area contributed by atoms with E-state index in [-0.39, 0.29) is 17.0 Å². The smallest absolute Gasteiger partial charge is 0.319 e. The summed E-state index contributed by atoms with van der Waals surface area (Å²) in [5.41, 5.74) is 2.40. The van der Waals surface area contributed by atoms with Crippen LogP contribution in [0.3, 0.4) is 0 Å². The fourth-order valence-corrected chi connectivity index (χ4v) is 5.24. The van der Waals surface area contributed by atoms with Crippen LogP contribution in [0.1, 0.15) is 25.6 Å². The number of hydrogen-bond donors (Lipinski definition) is 2. The first-order valence-corrected chi connectivity index (χ1v) is 13.0. The fraction of sp³-hybridized carbons (Fsp3) is 0.417. The zero-order valence-electron chi connectivity index (χ0n) is 19.9. The average molecular weight is 485 g/mol. The molecule has 2 N–H and O–H groups in total. The molecule has 3 aromatic rings. The van der Waals surface area contributed by atoms with Crippen LogP contribution in [0.15, 0.2) is 53.4 Å². The van der Waals surface area contributed by atoms with Gasteiger partial charge in [0.15, 0.2) is 0 Å². The van der Waals surface area contributed by atoms with E-state index in [1.54, 1.807) is 12.1 Å². The molecular weight excluding hydrogens is 452 g/mol. The predicted octanol–water partition coefficient (Wildman–Crippen LogP) is 3.09. The van der Waals surface area contributed by atoms with Crippen LogP contribution >= 0.6 is 0 Å². The Kier molecular flexibility index (Phi) is 7.20. The van der Waals surface area contributed by atoms with Crippen molar-refractivity contribution in [2.75, 3.05) is 32.5 Å². The number of hydrogen-bond acceptors (Lipinski definition) is 5. The van der Waals surface area contributed by atoms with Crippen molar-refractivity contribution in [3.63, 3.8) is 0 Å². The molecule has 4 rings (SSSR count). The number of carbonyl (C=O) groups is 1. The Hall–Kier alpha value is -2.95. The Balaban J connectivity index is 1.39. The molecule has 0 radical (unpaired) electrons. The Bertz CT molecular complexity index is 1250. The third kappa shape index (κ3) is 5.24. The molecule has 1 fully saturated rings. The molecule has 0 bridgehead atoms. The van der Waals surface area contributed by atoms with Crippen molar-refractivity contribution in [3.05, 3.63) is 54.4 Å². The highest BCUT2D eigenvalue weighted by atomic mass is 32.2. The molecule has 10 heteroatoms. The van der Waals surface area contributed by atoms with Gasteiger partial charge in [-0.1, -0.05) is 18.2 Å². The fourth-order valence-electron chi connectivity index (χ4n) is 4.31. The number of imidazole rings is 1. The molecule has 0 atom stereocenters. The standard InChI is InChI=1S/C24H32N6O3S/c1-4-30-22-11-10-20(34(32,33)28(2)3)16-21(22)27-23(30)17-29-14-12-19(13-15-29)26-24(31)25-18-8-6-5-7-9-18/h5-11,16,19H,4,12-15,17H2,1-3H3,(H2,25,26,31). The maximum Gasteiger partial charge on any atom is 0.319 e. The molecule has 2 aromatic carbocycles. The van der Waals surface area contributed by atoms with E-state index >= 15 is 0 Å².